The molecule has 1 unspecified atom stereocenters. The molecular weight excluding hydrogens is 399 g/mol. The Labute approximate surface area is 179 Å². The van der Waals surface area contributed by atoms with Crippen molar-refractivity contribution < 1.29 is 14.0 Å². The lowest BCUT2D eigenvalue weighted by Crippen LogP contribution is -2.34. The number of rotatable bonds is 8. The Hall–Kier alpha value is -3.49. The van der Waals surface area contributed by atoms with Crippen LogP contribution in [0, 0.1) is 12.7 Å². The molecule has 2 aromatic heterocycles. The van der Waals surface area contributed by atoms with E-state index in [9.17, 15) is 9.18 Å². The molecule has 0 saturated heterocycles. The van der Waals surface area contributed by atoms with Crippen molar-refractivity contribution in [2.75, 3.05) is 6.54 Å². The number of benzene rings is 1. The lowest BCUT2D eigenvalue weighted by Gasteiger charge is -2.11. The van der Waals surface area contributed by atoms with Gasteiger partial charge in [0.2, 0.25) is 5.91 Å². The zero-order chi connectivity index (χ0) is 21.8. The van der Waals surface area contributed by atoms with Gasteiger partial charge in [0, 0.05) is 37.0 Å². The molecule has 1 aliphatic rings. The van der Waals surface area contributed by atoms with Crippen molar-refractivity contribution >= 4 is 11.6 Å². The Bertz CT molecular complexity index is 1100. The van der Waals surface area contributed by atoms with E-state index in [0.717, 1.165) is 24.4 Å². The molecule has 1 N–H and O–H groups in total. The van der Waals surface area contributed by atoms with Gasteiger partial charge in [-0.15, -0.1) is 0 Å². The first-order valence-corrected chi connectivity index (χ1v) is 10.3. The predicted octanol–water partition coefficient (Wildman–Crippen LogP) is 2.78. The van der Waals surface area contributed by atoms with Gasteiger partial charge in [0.15, 0.2) is 0 Å². The van der Waals surface area contributed by atoms with E-state index in [0.29, 0.717) is 29.9 Å². The number of oxime groups is 1. The lowest BCUT2D eigenvalue weighted by atomic mass is 10.0. The van der Waals surface area contributed by atoms with Gasteiger partial charge in [0.05, 0.1) is 30.0 Å². The Morgan fingerprint density at radius 3 is 2.97 bits per heavy atom. The maximum atomic E-state index is 14.8. The van der Waals surface area contributed by atoms with Gasteiger partial charge in [0.25, 0.3) is 0 Å². The third-order valence-corrected chi connectivity index (χ3v) is 5.08. The van der Waals surface area contributed by atoms with Crippen molar-refractivity contribution in [1.29, 1.82) is 0 Å². The molecule has 162 valence electrons. The van der Waals surface area contributed by atoms with Gasteiger partial charge in [0.1, 0.15) is 24.3 Å². The number of hydrogen-bond donors (Lipinski definition) is 1. The highest BCUT2D eigenvalue weighted by atomic mass is 19.1. The average Bonchev–Trinajstić information content (AvgIpc) is 3.48. The normalized spacial score (nSPS) is 15.6. The van der Waals surface area contributed by atoms with Crippen molar-refractivity contribution in [3.05, 3.63) is 66.0 Å². The second-order valence-corrected chi connectivity index (χ2v) is 7.59. The molecule has 0 aliphatic carbocycles. The monoisotopic (exact) mass is 424 g/mol. The van der Waals surface area contributed by atoms with E-state index in [4.69, 9.17) is 4.84 Å². The highest BCUT2D eigenvalue weighted by Gasteiger charge is 2.23. The SMILES string of the molecule is CCCc1nccn1-c1ccc(C2=NOC(CNC(=O)Cn3cnc(C)c3)C2)cc1F. The van der Waals surface area contributed by atoms with E-state index in [1.54, 1.807) is 40.1 Å². The molecule has 0 radical (unpaired) electrons. The van der Waals surface area contributed by atoms with Crippen molar-refractivity contribution in [3.8, 4) is 5.69 Å². The van der Waals surface area contributed by atoms with E-state index >= 15 is 0 Å². The van der Waals surface area contributed by atoms with E-state index in [-0.39, 0.29) is 24.4 Å². The topological polar surface area (TPSA) is 86.3 Å². The summed E-state index contributed by atoms with van der Waals surface area (Å²) < 4.78 is 18.3. The summed E-state index contributed by atoms with van der Waals surface area (Å²) in [4.78, 5) is 25.9. The Morgan fingerprint density at radius 1 is 1.35 bits per heavy atom. The number of aromatic nitrogens is 4. The quantitative estimate of drug-likeness (QED) is 0.603. The molecule has 1 aromatic carbocycles. The molecule has 4 rings (SSSR count). The van der Waals surface area contributed by atoms with Crippen LogP contribution in [0.1, 0.15) is 36.8 Å². The van der Waals surface area contributed by atoms with Crippen LogP contribution in [0.15, 0.2) is 48.3 Å². The van der Waals surface area contributed by atoms with Crippen molar-refractivity contribution in [2.45, 2.75) is 45.8 Å². The smallest absolute Gasteiger partial charge is 0.240 e. The van der Waals surface area contributed by atoms with Gasteiger partial charge in [-0.3, -0.25) is 4.79 Å². The van der Waals surface area contributed by atoms with Crippen LogP contribution in [0.25, 0.3) is 5.69 Å². The number of amides is 1. The van der Waals surface area contributed by atoms with Crippen LogP contribution >= 0.6 is 0 Å². The van der Waals surface area contributed by atoms with E-state index in [2.05, 4.69) is 27.4 Å². The molecule has 31 heavy (non-hydrogen) atoms. The van der Waals surface area contributed by atoms with Crippen LogP contribution in [-0.4, -0.2) is 43.4 Å². The minimum atomic E-state index is -0.345. The number of imidazole rings is 2. The third kappa shape index (κ3) is 4.82. The van der Waals surface area contributed by atoms with Crippen LogP contribution < -0.4 is 5.32 Å². The molecule has 1 amide bonds. The van der Waals surface area contributed by atoms with Crippen molar-refractivity contribution in [1.82, 2.24) is 24.4 Å². The van der Waals surface area contributed by atoms with Crippen LogP contribution in [0.4, 0.5) is 4.39 Å². The molecule has 0 bridgehead atoms. The Kier molecular flexibility index (Phi) is 6.11. The Morgan fingerprint density at radius 2 is 2.23 bits per heavy atom. The summed E-state index contributed by atoms with van der Waals surface area (Å²) in [5.74, 6) is 0.355. The van der Waals surface area contributed by atoms with E-state index in [1.165, 1.54) is 6.07 Å². The number of carbonyl (C=O) groups excluding carboxylic acids is 1. The molecule has 0 fully saturated rings. The maximum absolute atomic E-state index is 14.8. The minimum Gasteiger partial charge on any atom is -0.390 e. The fourth-order valence-corrected chi connectivity index (χ4v) is 3.56. The van der Waals surface area contributed by atoms with Gasteiger partial charge in [-0.1, -0.05) is 18.1 Å². The summed E-state index contributed by atoms with van der Waals surface area (Å²) in [6.07, 6.45) is 8.80. The standard InChI is InChI=1S/C22H25FN6O2/c1-3-4-21-24-7-8-29(21)20-6-5-16(9-18(20)23)19-10-17(31-27-19)11-25-22(30)13-28-12-15(2)26-14-28/h5-9,12,14,17H,3-4,10-11,13H2,1-2H3,(H,25,30). The minimum absolute atomic E-state index is 0.131. The fraction of sp³-hybridized carbons (Fsp3) is 0.364. The number of aryl methyl sites for hydroxylation is 2. The molecule has 0 saturated carbocycles. The number of halogens is 1. The van der Waals surface area contributed by atoms with Gasteiger partial charge >= 0.3 is 0 Å². The second-order valence-electron chi connectivity index (χ2n) is 7.59. The largest absolute Gasteiger partial charge is 0.390 e. The predicted molar refractivity (Wildman–Crippen MR) is 114 cm³/mol. The first-order valence-electron chi connectivity index (χ1n) is 10.3. The summed E-state index contributed by atoms with van der Waals surface area (Å²) >= 11 is 0. The van der Waals surface area contributed by atoms with Gasteiger partial charge in [-0.2, -0.15) is 0 Å². The summed E-state index contributed by atoms with van der Waals surface area (Å²) in [7, 11) is 0. The molecule has 3 aromatic rings. The zero-order valence-electron chi connectivity index (χ0n) is 17.6. The average molecular weight is 424 g/mol. The summed E-state index contributed by atoms with van der Waals surface area (Å²) in [6, 6.07) is 5.03. The number of nitrogens with one attached hydrogen (secondary N) is 1. The van der Waals surface area contributed by atoms with Crippen molar-refractivity contribution in [2.24, 2.45) is 5.16 Å². The molecular formula is C22H25FN6O2. The molecule has 0 spiro atoms. The third-order valence-electron chi connectivity index (χ3n) is 5.08. The fourth-order valence-electron chi connectivity index (χ4n) is 3.56. The van der Waals surface area contributed by atoms with Crippen LogP contribution in [0.3, 0.4) is 0 Å². The Balaban J connectivity index is 1.34. The molecule has 3 heterocycles. The van der Waals surface area contributed by atoms with Gasteiger partial charge in [-0.05, 0) is 25.5 Å². The van der Waals surface area contributed by atoms with Crippen LogP contribution in [-0.2, 0) is 22.6 Å². The molecule has 1 aliphatic heterocycles. The maximum Gasteiger partial charge on any atom is 0.240 e. The summed E-state index contributed by atoms with van der Waals surface area (Å²) in [5, 5.41) is 6.94. The molecule has 9 heteroatoms. The summed E-state index contributed by atoms with van der Waals surface area (Å²) in [5.41, 5.74) is 2.65. The van der Waals surface area contributed by atoms with Crippen molar-refractivity contribution in [3.63, 3.8) is 0 Å². The van der Waals surface area contributed by atoms with Gasteiger partial charge in [-0.25, -0.2) is 14.4 Å². The highest BCUT2D eigenvalue weighted by Crippen LogP contribution is 2.22. The molecule has 8 nitrogen and oxygen atoms in total. The zero-order valence-corrected chi connectivity index (χ0v) is 17.6. The lowest BCUT2D eigenvalue weighted by molar-refractivity contribution is -0.122. The number of carbonyl (C=O) groups is 1. The summed E-state index contributed by atoms with van der Waals surface area (Å²) in [6.45, 7) is 4.46. The van der Waals surface area contributed by atoms with E-state index in [1.807, 2.05) is 13.0 Å². The van der Waals surface area contributed by atoms with Gasteiger partial charge < -0.3 is 19.3 Å². The first kappa shape index (κ1) is 20.8. The molecule has 1 atom stereocenters. The highest BCUT2D eigenvalue weighted by molar-refractivity contribution is 6.01. The van der Waals surface area contributed by atoms with Crippen LogP contribution in [0.5, 0.6) is 0 Å². The second kappa shape index (κ2) is 9.11. The van der Waals surface area contributed by atoms with Crippen LogP contribution in [0.2, 0.25) is 0 Å². The number of hydrogen-bond acceptors (Lipinski definition) is 5. The van der Waals surface area contributed by atoms with E-state index < -0.39 is 0 Å². The first-order chi connectivity index (χ1) is 15.0. The number of nitrogens with zero attached hydrogens (tertiary/aromatic N) is 5.